The molecule has 1 rings (SSSR count). The maximum Gasteiger partial charge on any atom is 0.212 e. The maximum absolute atomic E-state index is 11.1. The molecule has 0 aromatic heterocycles. The number of halogens is 1. The highest BCUT2D eigenvalue weighted by Crippen LogP contribution is 2.26. The van der Waals surface area contributed by atoms with Crippen molar-refractivity contribution >= 4 is 35.8 Å². The second-order valence-corrected chi connectivity index (χ2v) is 4.72. The van der Waals surface area contributed by atoms with Crippen molar-refractivity contribution in [2.24, 2.45) is 0 Å². The van der Waals surface area contributed by atoms with Crippen molar-refractivity contribution in [3.63, 3.8) is 0 Å². The largest absolute Gasteiger partial charge is 0.392 e. The van der Waals surface area contributed by atoms with Gasteiger partial charge in [0.1, 0.15) is 0 Å². The quantitative estimate of drug-likeness (QED) is 0.529. The molecule has 0 aromatic carbocycles. The molecule has 0 aromatic rings. The van der Waals surface area contributed by atoms with Crippen LogP contribution in [-0.4, -0.2) is 26.9 Å². The molecule has 0 bridgehead atoms. The van der Waals surface area contributed by atoms with E-state index < -0.39 is 0 Å². The lowest BCUT2D eigenvalue weighted by Gasteiger charge is -1.94. The molecule has 1 heterocycles. The summed E-state index contributed by atoms with van der Waals surface area (Å²) in [5.74, 6) is 0.750. The highest BCUT2D eigenvalue weighted by molar-refractivity contribution is 9.19. The Hall–Kier alpha value is 0.0700. The van der Waals surface area contributed by atoms with E-state index in [1.54, 1.807) is 10.4 Å². The summed E-state index contributed by atoms with van der Waals surface area (Å²) >= 11 is 3.12. The Bertz CT molecular complexity index is 220. The van der Waals surface area contributed by atoms with Gasteiger partial charge in [-0.15, -0.1) is 10.5 Å². The topological polar surface area (TPSA) is 37.3 Å². The summed E-state index contributed by atoms with van der Waals surface area (Å²) in [6.07, 6.45) is 1.79. The standard InChI is InChI=1S/C6H7BrO2S/c7-4-10-2-1-5(3-8)6(10)9/h1,4,8H,2-3H2. The van der Waals surface area contributed by atoms with Crippen LogP contribution in [0.2, 0.25) is 0 Å². The molecule has 0 saturated heterocycles. The predicted molar refractivity (Wildman–Crippen MR) is 47.6 cm³/mol. The van der Waals surface area contributed by atoms with Gasteiger partial charge in [0, 0.05) is 15.6 Å². The van der Waals surface area contributed by atoms with Gasteiger partial charge >= 0.3 is 0 Å². The fraction of sp³-hybridized carbons (Fsp3) is 0.333. The molecule has 0 radical (unpaired) electrons. The van der Waals surface area contributed by atoms with Crippen molar-refractivity contribution in [1.82, 2.24) is 0 Å². The van der Waals surface area contributed by atoms with E-state index in [1.807, 2.05) is 0 Å². The molecular formula is C6H7BrO2S. The van der Waals surface area contributed by atoms with Gasteiger partial charge in [-0.25, -0.2) is 0 Å². The monoisotopic (exact) mass is 222 g/mol. The van der Waals surface area contributed by atoms with Gasteiger partial charge in [0.05, 0.1) is 6.61 Å². The number of hydrogen-bond donors (Lipinski definition) is 1. The first-order valence-corrected chi connectivity index (χ1v) is 5.14. The minimum atomic E-state index is -0.309. The van der Waals surface area contributed by atoms with Crippen LogP contribution >= 0.6 is 26.4 Å². The third-order valence-electron chi connectivity index (χ3n) is 1.29. The zero-order valence-corrected chi connectivity index (χ0v) is 7.61. The summed E-state index contributed by atoms with van der Waals surface area (Å²) in [7, 11) is -0.309. The molecule has 0 aliphatic carbocycles. The highest BCUT2D eigenvalue weighted by atomic mass is 79.9. The van der Waals surface area contributed by atoms with Gasteiger partial charge in [0.2, 0.25) is 5.12 Å². The lowest BCUT2D eigenvalue weighted by atomic mass is 10.3. The van der Waals surface area contributed by atoms with Gasteiger partial charge in [-0.2, -0.15) is 0 Å². The summed E-state index contributed by atoms with van der Waals surface area (Å²) in [5, 5.41) is 8.70. The average molecular weight is 223 g/mol. The van der Waals surface area contributed by atoms with Crippen LogP contribution in [0.5, 0.6) is 0 Å². The predicted octanol–water partition coefficient (Wildman–Crippen LogP) is 0.869. The smallest absolute Gasteiger partial charge is 0.212 e. The first-order chi connectivity index (χ1) is 4.79. The van der Waals surface area contributed by atoms with E-state index in [9.17, 15) is 4.79 Å². The second-order valence-electron chi connectivity index (χ2n) is 1.86. The van der Waals surface area contributed by atoms with Crippen molar-refractivity contribution in [3.8, 4) is 0 Å². The van der Waals surface area contributed by atoms with E-state index in [4.69, 9.17) is 5.11 Å². The summed E-state index contributed by atoms with van der Waals surface area (Å²) < 4.78 is 1.72. The van der Waals surface area contributed by atoms with E-state index >= 15 is 0 Å². The van der Waals surface area contributed by atoms with Crippen LogP contribution in [0.15, 0.2) is 11.6 Å². The number of carbonyl (C=O) groups is 1. The Morgan fingerprint density at radius 1 is 1.90 bits per heavy atom. The molecular weight excluding hydrogens is 216 g/mol. The summed E-state index contributed by atoms with van der Waals surface area (Å²) in [4.78, 5) is 11.1. The van der Waals surface area contributed by atoms with Crippen LogP contribution in [0.25, 0.3) is 0 Å². The second kappa shape index (κ2) is 3.46. The Morgan fingerprint density at radius 3 is 2.90 bits per heavy atom. The lowest BCUT2D eigenvalue weighted by Crippen LogP contribution is -1.97. The van der Waals surface area contributed by atoms with Gasteiger partial charge in [0.25, 0.3) is 0 Å². The number of hydrogen-bond acceptors (Lipinski definition) is 2. The molecule has 1 unspecified atom stereocenters. The van der Waals surface area contributed by atoms with E-state index in [2.05, 4.69) is 15.9 Å². The Kier molecular flexibility index (Phi) is 2.82. The molecule has 1 atom stereocenters. The molecule has 0 spiro atoms. The molecule has 1 aliphatic heterocycles. The molecule has 56 valence electrons. The summed E-state index contributed by atoms with van der Waals surface area (Å²) in [6.45, 7) is -0.122. The average Bonchev–Trinajstić information content (AvgIpc) is 2.30. The Morgan fingerprint density at radius 2 is 2.60 bits per heavy atom. The normalized spacial score (nSPS) is 25.6. The van der Waals surface area contributed by atoms with Gasteiger partial charge in [-0.1, -0.05) is 22.0 Å². The number of aliphatic hydroxyl groups is 1. The van der Waals surface area contributed by atoms with Crippen LogP contribution in [0.4, 0.5) is 0 Å². The Balaban J connectivity index is 2.79. The zero-order chi connectivity index (χ0) is 7.56. The highest BCUT2D eigenvalue weighted by Gasteiger charge is 2.17. The number of rotatable bonds is 1. The van der Waals surface area contributed by atoms with Crippen molar-refractivity contribution in [2.75, 3.05) is 12.4 Å². The first kappa shape index (κ1) is 8.17. The van der Waals surface area contributed by atoms with E-state index in [0.717, 1.165) is 5.75 Å². The minimum absolute atomic E-state index is 0.0689. The van der Waals surface area contributed by atoms with Crippen molar-refractivity contribution < 1.29 is 9.90 Å². The number of carbonyl (C=O) groups excluding carboxylic acids is 1. The first-order valence-electron chi connectivity index (χ1n) is 2.77. The maximum atomic E-state index is 11.1. The van der Waals surface area contributed by atoms with E-state index in [1.165, 1.54) is 0 Å². The van der Waals surface area contributed by atoms with Gasteiger partial charge in [0.15, 0.2) is 0 Å². The van der Waals surface area contributed by atoms with E-state index in [-0.39, 0.29) is 22.2 Å². The molecule has 1 N–H and O–H groups in total. The minimum Gasteiger partial charge on any atom is -0.392 e. The third kappa shape index (κ3) is 1.38. The van der Waals surface area contributed by atoms with Crippen LogP contribution < -0.4 is 0 Å². The fourth-order valence-electron chi connectivity index (χ4n) is 0.724. The van der Waals surface area contributed by atoms with Crippen LogP contribution in [-0.2, 0) is 4.79 Å². The van der Waals surface area contributed by atoms with Crippen LogP contribution in [0.3, 0.4) is 0 Å². The molecule has 0 amide bonds. The molecule has 10 heavy (non-hydrogen) atoms. The SMILES string of the molecule is O=C1C(CO)=CC/S1=C/Br. The van der Waals surface area contributed by atoms with Crippen LogP contribution in [0.1, 0.15) is 0 Å². The van der Waals surface area contributed by atoms with Crippen LogP contribution in [0, 0.1) is 0 Å². The third-order valence-corrected chi connectivity index (χ3v) is 4.12. The van der Waals surface area contributed by atoms with Gasteiger partial charge in [-0.3, -0.25) is 4.79 Å². The zero-order valence-electron chi connectivity index (χ0n) is 5.21. The molecule has 4 heteroatoms. The molecule has 1 aliphatic rings. The molecule has 0 saturated carbocycles. The molecule has 2 nitrogen and oxygen atoms in total. The van der Waals surface area contributed by atoms with Crippen molar-refractivity contribution in [3.05, 3.63) is 11.6 Å². The summed E-state index contributed by atoms with van der Waals surface area (Å²) in [6, 6.07) is 0. The fourth-order valence-corrected chi connectivity index (χ4v) is 2.86. The number of aliphatic hydroxyl groups excluding tert-OH is 1. The Labute approximate surface area is 70.0 Å². The summed E-state index contributed by atoms with van der Waals surface area (Å²) in [5.41, 5.74) is 0.555. The van der Waals surface area contributed by atoms with E-state index in [0.29, 0.717) is 5.57 Å². The van der Waals surface area contributed by atoms with Gasteiger partial charge in [-0.05, 0) is 0 Å². The molecule has 0 fully saturated rings. The lowest BCUT2D eigenvalue weighted by molar-refractivity contribution is -0.108. The van der Waals surface area contributed by atoms with Crippen molar-refractivity contribution in [2.45, 2.75) is 0 Å². The van der Waals surface area contributed by atoms with Crippen molar-refractivity contribution in [1.29, 1.82) is 0 Å². The van der Waals surface area contributed by atoms with Gasteiger partial charge < -0.3 is 5.11 Å².